The maximum absolute atomic E-state index is 12.4. The summed E-state index contributed by atoms with van der Waals surface area (Å²) in [5, 5.41) is 3.44. The second-order valence-corrected chi connectivity index (χ2v) is 6.02. The highest BCUT2D eigenvalue weighted by atomic mass is 16.2. The van der Waals surface area contributed by atoms with E-state index < -0.39 is 0 Å². The molecule has 102 valence electrons. The third kappa shape index (κ3) is 2.27. The van der Waals surface area contributed by atoms with Gasteiger partial charge in [-0.2, -0.15) is 0 Å². The molecular weight excluding hydrogens is 236 g/mol. The Bertz CT molecular complexity index is 459. The normalized spacial score (nSPS) is 35.1. The predicted molar refractivity (Wildman–Crippen MR) is 75.4 cm³/mol. The van der Waals surface area contributed by atoms with Crippen molar-refractivity contribution in [1.29, 1.82) is 0 Å². The Labute approximate surface area is 115 Å². The van der Waals surface area contributed by atoms with E-state index in [1.54, 1.807) is 0 Å². The van der Waals surface area contributed by atoms with Gasteiger partial charge >= 0.3 is 0 Å². The number of hydrogen-bond acceptors (Lipinski definition) is 2. The molecule has 0 radical (unpaired) electrons. The molecule has 3 nitrogen and oxygen atoms in total. The Morgan fingerprint density at radius 2 is 1.89 bits per heavy atom. The first-order valence-corrected chi connectivity index (χ1v) is 7.30. The summed E-state index contributed by atoms with van der Waals surface area (Å²) < 4.78 is 0. The van der Waals surface area contributed by atoms with Gasteiger partial charge in [-0.3, -0.25) is 10.1 Å². The smallest absolute Gasteiger partial charge is 0.241 e. The highest BCUT2D eigenvalue weighted by molar-refractivity contribution is 5.84. The van der Waals surface area contributed by atoms with E-state index in [-0.39, 0.29) is 18.1 Å². The van der Waals surface area contributed by atoms with E-state index in [1.165, 1.54) is 12.0 Å². The predicted octanol–water partition coefficient (Wildman–Crippen LogP) is 2.69. The summed E-state index contributed by atoms with van der Waals surface area (Å²) in [7, 11) is 0. The van der Waals surface area contributed by atoms with E-state index in [2.05, 4.69) is 29.3 Å². The molecule has 2 aliphatic rings. The highest BCUT2D eigenvalue weighted by Crippen LogP contribution is 2.36. The van der Waals surface area contributed by atoms with Crippen LogP contribution in [-0.4, -0.2) is 22.9 Å². The molecule has 4 atom stereocenters. The van der Waals surface area contributed by atoms with E-state index in [0.717, 1.165) is 18.8 Å². The summed E-state index contributed by atoms with van der Waals surface area (Å²) in [6.45, 7) is 4.26. The molecule has 0 bridgehead atoms. The first-order valence-electron chi connectivity index (χ1n) is 7.30. The Kier molecular flexibility index (Phi) is 3.31. The zero-order valence-corrected chi connectivity index (χ0v) is 11.7. The number of rotatable bonds is 2. The Balaban J connectivity index is 1.88. The Morgan fingerprint density at radius 3 is 2.53 bits per heavy atom. The highest BCUT2D eigenvalue weighted by Gasteiger charge is 2.42. The molecule has 1 aromatic rings. The third-order valence-electron chi connectivity index (χ3n) is 4.49. The quantitative estimate of drug-likeness (QED) is 0.884. The second-order valence-electron chi connectivity index (χ2n) is 6.02. The molecular formula is C16H22N2O. The van der Waals surface area contributed by atoms with Crippen molar-refractivity contribution in [3.63, 3.8) is 0 Å². The van der Waals surface area contributed by atoms with Gasteiger partial charge in [0.15, 0.2) is 0 Å². The summed E-state index contributed by atoms with van der Waals surface area (Å²) in [6.07, 6.45) is 3.58. The molecule has 1 aliphatic heterocycles. The minimum absolute atomic E-state index is 0.0546. The fourth-order valence-electron chi connectivity index (χ4n) is 3.45. The summed E-state index contributed by atoms with van der Waals surface area (Å²) >= 11 is 0. The van der Waals surface area contributed by atoms with Gasteiger partial charge in [0.25, 0.3) is 0 Å². The van der Waals surface area contributed by atoms with Gasteiger partial charge in [-0.15, -0.1) is 0 Å². The van der Waals surface area contributed by atoms with Crippen molar-refractivity contribution in [3.05, 3.63) is 35.9 Å². The number of carbonyl (C=O) groups is 1. The maximum Gasteiger partial charge on any atom is 0.241 e. The van der Waals surface area contributed by atoms with Gasteiger partial charge in [0.2, 0.25) is 5.91 Å². The lowest BCUT2D eigenvalue weighted by Gasteiger charge is -2.30. The van der Waals surface area contributed by atoms with Crippen molar-refractivity contribution < 1.29 is 4.79 Å². The van der Waals surface area contributed by atoms with Crippen LogP contribution in [0.25, 0.3) is 0 Å². The molecule has 3 rings (SSSR count). The van der Waals surface area contributed by atoms with Gasteiger partial charge in [0.05, 0.1) is 6.04 Å². The van der Waals surface area contributed by atoms with Gasteiger partial charge in [-0.05, 0) is 37.7 Å². The van der Waals surface area contributed by atoms with Crippen molar-refractivity contribution in [2.75, 3.05) is 0 Å². The van der Waals surface area contributed by atoms with E-state index in [4.69, 9.17) is 0 Å². The minimum Gasteiger partial charge on any atom is -0.319 e. The topological polar surface area (TPSA) is 32.3 Å². The van der Waals surface area contributed by atoms with E-state index >= 15 is 0 Å². The van der Waals surface area contributed by atoms with Gasteiger partial charge in [-0.1, -0.05) is 37.3 Å². The molecule has 1 aromatic carbocycles. The van der Waals surface area contributed by atoms with Crippen LogP contribution in [0.3, 0.4) is 0 Å². The number of amides is 1. The lowest BCUT2D eigenvalue weighted by atomic mass is 10.1. The van der Waals surface area contributed by atoms with E-state index in [9.17, 15) is 4.79 Å². The van der Waals surface area contributed by atoms with Crippen molar-refractivity contribution in [2.24, 2.45) is 5.92 Å². The average Bonchev–Trinajstić information content (AvgIpc) is 2.96. The van der Waals surface area contributed by atoms with Crippen molar-refractivity contribution in [2.45, 2.75) is 51.4 Å². The molecule has 1 saturated carbocycles. The van der Waals surface area contributed by atoms with Crippen LogP contribution in [0.15, 0.2) is 30.3 Å². The standard InChI is InChI=1S/C16H22N2O/c1-11-8-9-14(10-11)18-15(17-12(2)16(18)19)13-6-4-3-5-7-13/h3-7,11-12,14-15,17H,8-10H2,1-2H3. The SMILES string of the molecule is CC1CCC(N2C(=O)C(C)NC2c2ccccc2)C1. The number of carbonyl (C=O) groups excluding carboxylic acids is 1. The van der Waals surface area contributed by atoms with E-state index in [1.807, 2.05) is 25.1 Å². The fraction of sp³-hybridized carbons (Fsp3) is 0.562. The number of nitrogens with one attached hydrogen (secondary N) is 1. The van der Waals surface area contributed by atoms with Gasteiger partial charge in [0.1, 0.15) is 6.17 Å². The number of nitrogens with zero attached hydrogens (tertiary/aromatic N) is 1. The Morgan fingerprint density at radius 1 is 1.16 bits per heavy atom. The molecule has 3 heteroatoms. The molecule has 0 aromatic heterocycles. The van der Waals surface area contributed by atoms with Crippen LogP contribution in [0, 0.1) is 5.92 Å². The van der Waals surface area contributed by atoms with Crippen LogP contribution in [0.5, 0.6) is 0 Å². The minimum atomic E-state index is -0.0684. The van der Waals surface area contributed by atoms with Crippen LogP contribution in [0.1, 0.15) is 44.8 Å². The maximum atomic E-state index is 12.4. The van der Waals surface area contributed by atoms with Crippen LogP contribution in [0.4, 0.5) is 0 Å². The van der Waals surface area contributed by atoms with Crippen LogP contribution >= 0.6 is 0 Å². The van der Waals surface area contributed by atoms with E-state index in [0.29, 0.717) is 6.04 Å². The molecule has 1 heterocycles. The third-order valence-corrected chi connectivity index (χ3v) is 4.49. The first kappa shape index (κ1) is 12.7. The summed E-state index contributed by atoms with van der Waals surface area (Å²) in [5.41, 5.74) is 1.19. The van der Waals surface area contributed by atoms with Gasteiger partial charge in [0, 0.05) is 6.04 Å². The molecule has 1 amide bonds. The molecule has 1 aliphatic carbocycles. The first-order chi connectivity index (χ1) is 9.16. The fourth-order valence-corrected chi connectivity index (χ4v) is 3.45. The second kappa shape index (κ2) is 4.97. The van der Waals surface area contributed by atoms with Crippen LogP contribution in [-0.2, 0) is 4.79 Å². The van der Waals surface area contributed by atoms with Crippen LogP contribution in [0.2, 0.25) is 0 Å². The van der Waals surface area contributed by atoms with Gasteiger partial charge < -0.3 is 4.90 Å². The summed E-state index contributed by atoms with van der Waals surface area (Å²) in [4.78, 5) is 14.5. The Hall–Kier alpha value is -1.35. The molecule has 1 saturated heterocycles. The zero-order chi connectivity index (χ0) is 13.4. The zero-order valence-electron chi connectivity index (χ0n) is 11.7. The van der Waals surface area contributed by atoms with Crippen molar-refractivity contribution in [3.8, 4) is 0 Å². The monoisotopic (exact) mass is 258 g/mol. The lowest BCUT2D eigenvalue weighted by Crippen LogP contribution is -2.38. The molecule has 0 spiro atoms. The molecule has 4 unspecified atom stereocenters. The molecule has 19 heavy (non-hydrogen) atoms. The van der Waals surface area contributed by atoms with Crippen molar-refractivity contribution >= 4 is 5.91 Å². The molecule has 2 fully saturated rings. The summed E-state index contributed by atoms with van der Waals surface area (Å²) in [5.74, 6) is 0.998. The number of benzene rings is 1. The number of hydrogen-bond donors (Lipinski definition) is 1. The lowest BCUT2D eigenvalue weighted by molar-refractivity contribution is -0.132. The summed E-state index contributed by atoms with van der Waals surface area (Å²) in [6, 6.07) is 10.7. The average molecular weight is 258 g/mol. The van der Waals surface area contributed by atoms with Gasteiger partial charge in [-0.25, -0.2) is 0 Å². The molecule has 1 N–H and O–H groups in total. The largest absolute Gasteiger partial charge is 0.319 e. The van der Waals surface area contributed by atoms with Crippen molar-refractivity contribution in [1.82, 2.24) is 10.2 Å². The van der Waals surface area contributed by atoms with Crippen LogP contribution < -0.4 is 5.32 Å².